The number of rotatable bonds is 6. The van der Waals surface area contributed by atoms with Gasteiger partial charge in [0, 0.05) is 12.1 Å². The van der Waals surface area contributed by atoms with E-state index in [-0.39, 0.29) is 17.3 Å². The molecule has 0 aliphatic carbocycles. The minimum absolute atomic E-state index is 0.185. The van der Waals surface area contributed by atoms with Crippen LogP contribution in [0.3, 0.4) is 0 Å². The lowest BCUT2D eigenvalue weighted by Gasteiger charge is -2.11. The van der Waals surface area contributed by atoms with Gasteiger partial charge < -0.3 is 10.6 Å². The molecule has 2 N–H and O–H groups in total. The molecule has 9 heteroatoms. The number of hydrogen-bond donors (Lipinski definition) is 2. The number of nitrogens with one attached hydrogen (secondary N) is 2. The van der Waals surface area contributed by atoms with Crippen LogP contribution in [0.1, 0.15) is 28.8 Å². The molecule has 0 radical (unpaired) electrons. The fourth-order valence-electron chi connectivity index (χ4n) is 3.63. The van der Waals surface area contributed by atoms with Gasteiger partial charge in [-0.3, -0.25) is 9.59 Å². The van der Waals surface area contributed by atoms with Crippen molar-refractivity contribution in [3.63, 3.8) is 0 Å². The van der Waals surface area contributed by atoms with Crippen molar-refractivity contribution < 1.29 is 18.0 Å². The molecule has 0 bridgehead atoms. The van der Waals surface area contributed by atoms with E-state index < -0.39 is 21.7 Å². The van der Waals surface area contributed by atoms with E-state index in [1.807, 2.05) is 61.5 Å². The second-order valence-electron chi connectivity index (χ2n) is 7.85. The van der Waals surface area contributed by atoms with Crippen LogP contribution in [0.4, 0.5) is 5.82 Å². The summed E-state index contributed by atoms with van der Waals surface area (Å²) in [5, 5.41) is 9.60. The SMILES string of the molecule is Cc1ccc(-n2nc3c(c2NC(=O)C(=O)NCCCc2ccccc2)CS(=O)(=O)C3)cc1. The first-order valence-electron chi connectivity index (χ1n) is 10.3. The highest BCUT2D eigenvalue weighted by molar-refractivity contribution is 7.90. The number of aryl methyl sites for hydroxylation is 2. The first kappa shape index (κ1) is 21.8. The number of benzene rings is 2. The van der Waals surface area contributed by atoms with Crippen LogP contribution in [0, 0.1) is 6.92 Å². The van der Waals surface area contributed by atoms with E-state index in [0.717, 1.165) is 17.5 Å². The van der Waals surface area contributed by atoms with E-state index in [0.29, 0.717) is 29.9 Å². The monoisotopic (exact) mass is 452 g/mol. The Morgan fingerprint density at radius 1 is 1.00 bits per heavy atom. The first-order chi connectivity index (χ1) is 15.3. The van der Waals surface area contributed by atoms with Gasteiger partial charge in [-0.15, -0.1) is 0 Å². The van der Waals surface area contributed by atoms with E-state index in [1.54, 1.807) is 0 Å². The van der Waals surface area contributed by atoms with Gasteiger partial charge in [-0.05, 0) is 37.5 Å². The molecule has 0 atom stereocenters. The number of anilines is 1. The molecule has 2 amide bonds. The average molecular weight is 453 g/mol. The smallest absolute Gasteiger partial charge is 0.314 e. The maximum absolute atomic E-state index is 12.6. The van der Waals surface area contributed by atoms with Gasteiger partial charge in [-0.1, -0.05) is 48.0 Å². The standard InChI is InChI=1S/C23H24N4O4S/c1-16-9-11-18(12-10-16)27-21(19-14-32(30,31)15-20(19)26-27)25-23(29)22(28)24-13-5-8-17-6-3-2-4-7-17/h2-4,6-7,9-12H,5,8,13-15H2,1H3,(H,24,28)(H,25,29). The van der Waals surface area contributed by atoms with Crippen molar-refractivity contribution >= 4 is 27.5 Å². The Bertz CT molecular complexity index is 1250. The van der Waals surface area contributed by atoms with Gasteiger partial charge in [0.25, 0.3) is 0 Å². The second-order valence-corrected chi connectivity index (χ2v) is 9.92. The van der Waals surface area contributed by atoms with Crippen molar-refractivity contribution in [1.29, 1.82) is 0 Å². The van der Waals surface area contributed by atoms with E-state index in [9.17, 15) is 18.0 Å². The molecule has 1 aliphatic rings. The zero-order valence-corrected chi connectivity index (χ0v) is 18.5. The summed E-state index contributed by atoms with van der Waals surface area (Å²) in [5.41, 5.74) is 3.70. The number of carbonyl (C=O) groups excluding carboxylic acids is 2. The Balaban J connectivity index is 1.46. The number of amides is 2. The molecule has 8 nitrogen and oxygen atoms in total. The first-order valence-corrected chi connectivity index (χ1v) is 12.2. The fraction of sp³-hybridized carbons (Fsp3) is 0.261. The molecule has 4 rings (SSSR count). The van der Waals surface area contributed by atoms with Crippen molar-refractivity contribution in [3.05, 3.63) is 77.0 Å². The summed E-state index contributed by atoms with van der Waals surface area (Å²) in [6.45, 7) is 2.30. The summed E-state index contributed by atoms with van der Waals surface area (Å²) in [4.78, 5) is 24.9. The number of carbonyl (C=O) groups is 2. The van der Waals surface area contributed by atoms with E-state index in [1.165, 1.54) is 4.68 Å². The Kier molecular flexibility index (Phi) is 6.09. The van der Waals surface area contributed by atoms with Crippen molar-refractivity contribution in [3.8, 4) is 5.69 Å². The van der Waals surface area contributed by atoms with Crippen LogP contribution in [-0.4, -0.2) is 36.6 Å². The molecule has 1 aromatic heterocycles. The minimum atomic E-state index is -3.32. The molecule has 0 saturated heterocycles. The van der Waals surface area contributed by atoms with E-state index >= 15 is 0 Å². The van der Waals surface area contributed by atoms with Gasteiger partial charge in [0.1, 0.15) is 5.82 Å². The summed E-state index contributed by atoms with van der Waals surface area (Å²) < 4.78 is 25.6. The molecule has 2 aromatic carbocycles. The molecule has 2 heterocycles. The molecule has 0 fully saturated rings. The Hall–Kier alpha value is -3.46. The normalized spacial score (nSPS) is 14.0. The summed E-state index contributed by atoms with van der Waals surface area (Å²) >= 11 is 0. The van der Waals surface area contributed by atoms with Crippen LogP contribution >= 0.6 is 0 Å². The number of fused-ring (bicyclic) bond motifs is 1. The van der Waals surface area contributed by atoms with Crippen LogP contribution in [0.15, 0.2) is 54.6 Å². The number of hydrogen-bond acceptors (Lipinski definition) is 5. The zero-order chi connectivity index (χ0) is 22.7. The lowest BCUT2D eigenvalue weighted by atomic mass is 10.1. The largest absolute Gasteiger partial charge is 0.348 e. The third kappa shape index (κ3) is 4.88. The van der Waals surface area contributed by atoms with Crippen LogP contribution in [0.25, 0.3) is 5.69 Å². The number of aromatic nitrogens is 2. The number of sulfone groups is 1. The Morgan fingerprint density at radius 3 is 2.44 bits per heavy atom. The molecule has 0 spiro atoms. The van der Waals surface area contributed by atoms with Crippen molar-refractivity contribution in [2.24, 2.45) is 0 Å². The van der Waals surface area contributed by atoms with Crippen LogP contribution in [0.2, 0.25) is 0 Å². The van der Waals surface area contributed by atoms with Crippen molar-refractivity contribution in [2.45, 2.75) is 31.3 Å². The van der Waals surface area contributed by atoms with Gasteiger partial charge >= 0.3 is 11.8 Å². The molecular formula is C23H24N4O4S. The molecular weight excluding hydrogens is 428 g/mol. The van der Waals surface area contributed by atoms with Crippen molar-refractivity contribution in [2.75, 3.05) is 11.9 Å². The summed E-state index contributed by atoms with van der Waals surface area (Å²) in [6, 6.07) is 17.3. The van der Waals surface area contributed by atoms with Crippen molar-refractivity contribution in [1.82, 2.24) is 15.1 Å². The van der Waals surface area contributed by atoms with Crippen LogP contribution in [0.5, 0.6) is 0 Å². The Labute approximate surface area is 186 Å². The lowest BCUT2D eigenvalue weighted by molar-refractivity contribution is -0.136. The van der Waals surface area contributed by atoms with Gasteiger partial charge in [0.15, 0.2) is 9.84 Å². The molecule has 166 valence electrons. The van der Waals surface area contributed by atoms with E-state index in [2.05, 4.69) is 15.7 Å². The topological polar surface area (TPSA) is 110 Å². The highest BCUT2D eigenvalue weighted by atomic mass is 32.2. The summed E-state index contributed by atoms with van der Waals surface area (Å²) in [5.74, 6) is -1.82. The highest BCUT2D eigenvalue weighted by Gasteiger charge is 2.33. The quantitative estimate of drug-likeness (QED) is 0.441. The predicted molar refractivity (Wildman–Crippen MR) is 121 cm³/mol. The maximum Gasteiger partial charge on any atom is 0.314 e. The maximum atomic E-state index is 12.6. The van der Waals surface area contributed by atoms with Crippen LogP contribution < -0.4 is 10.6 Å². The molecule has 0 saturated carbocycles. The van der Waals surface area contributed by atoms with Gasteiger partial charge in [0.05, 0.1) is 22.9 Å². The Morgan fingerprint density at radius 2 is 1.72 bits per heavy atom. The second kappa shape index (κ2) is 8.96. The third-order valence-corrected chi connectivity index (χ3v) is 6.72. The average Bonchev–Trinajstić information content (AvgIpc) is 3.24. The predicted octanol–water partition coefficient (Wildman–Crippen LogP) is 2.30. The summed E-state index contributed by atoms with van der Waals surface area (Å²) in [6.07, 6.45) is 1.48. The molecule has 0 unspecified atom stereocenters. The van der Waals surface area contributed by atoms with Gasteiger partial charge in [-0.25, -0.2) is 13.1 Å². The fourth-order valence-corrected chi connectivity index (χ4v) is 5.12. The summed E-state index contributed by atoms with van der Waals surface area (Å²) in [7, 11) is -3.32. The van der Waals surface area contributed by atoms with E-state index in [4.69, 9.17) is 0 Å². The molecule has 3 aromatic rings. The highest BCUT2D eigenvalue weighted by Crippen LogP contribution is 2.32. The lowest BCUT2D eigenvalue weighted by Crippen LogP contribution is -2.36. The molecule has 1 aliphatic heterocycles. The molecule has 32 heavy (non-hydrogen) atoms. The zero-order valence-electron chi connectivity index (χ0n) is 17.7. The van der Waals surface area contributed by atoms with Gasteiger partial charge in [0.2, 0.25) is 0 Å². The van der Waals surface area contributed by atoms with Gasteiger partial charge in [-0.2, -0.15) is 5.10 Å². The number of nitrogens with zero attached hydrogens (tertiary/aromatic N) is 2. The third-order valence-electron chi connectivity index (χ3n) is 5.27. The minimum Gasteiger partial charge on any atom is -0.348 e. The van der Waals surface area contributed by atoms with Crippen LogP contribution in [-0.2, 0) is 37.4 Å².